The van der Waals surface area contributed by atoms with E-state index in [2.05, 4.69) is 30.6 Å². The third-order valence-electron chi connectivity index (χ3n) is 8.23. The van der Waals surface area contributed by atoms with Crippen molar-refractivity contribution in [3.8, 4) is 22.8 Å². The molecule has 6 rings (SSSR count). The largest absolute Gasteiger partial charge is 0.417 e. The van der Waals surface area contributed by atoms with Crippen LogP contribution in [0, 0.1) is 6.92 Å². The number of aromatic nitrogens is 8. The zero-order valence-corrected chi connectivity index (χ0v) is 27.9. The molecule has 6 heterocycles. The summed E-state index contributed by atoms with van der Waals surface area (Å²) in [4.78, 5) is 8.03. The summed E-state index contributed by atoms with van der Waals surface area (Å²) in [7, 11) is 0. The van der Waals surface area contributed by atoms with Crippen LogP contribution in [-0.4, -0.2) is 131 Å². The number of aryl methyl sites for hydroxylation is 1. The first kappa shape index (κ1) is 36.8. The quantitative estimate of drug-likeness (QED) is 0.147. The second kappa shape index (κ2) is 14.5. The maximum Gasteiger partial charge on any atom is 0.417 e. The van der Waals surface area contributed by atoms with Crippen molar-refractivity contribution in [1.82, 2.24) is 40.0 Å². The zero-order chi connectivity index (χ0) is 36.1. The van der Waals surface area contributed by atoms with Crippen LogP contribution < -0.4 is 0 Å². The predicted molar refractivity (Wildman–Crippen MR) is 167 cm³/mol. The van der Waals surface area contributed by atoms with Gasteiger partial charge in [0.25, 0.3) is 0 Å². The molecule has 6 N–H and O–H groups in total. The molecule has 0 spiro atoms. The van der Waals surface area contributed by atoms with E-state index in [4.69, 9.17) is 32.7 Å². The van der Waals surface area contributed by atoms with E-state index in [1.54, 1.807) is 19.2 Å². The van der Waals surface area contributed by atoms with Gasteiger partial charge in [-0.3, -0.25) is 9.97 Å². The smallest absolute Gasteiger partial charge is 0.394 e. The highest BCUT2D eigenvalue weighted by Crippen LogP contribution is 2.42. The Morgan fingerprint density at radius 3 is 1.64 bits per heavy atom. The molecule has 0 aromatic carbocycles. The molecule has 2 aliphatic heterocycles. The first-order valence-corrected chi connectivity index (χ1v) is 16.5. The molecule has 0 saturated carbocycles. The fourth-order valence-electron chi connectivity index (χ4n) is 5.68. The molecular formula is C28H29Cl2F3N8O8S. The van der Waals surface area contributed by atoms with E-state index in [9.17, 15) is 43.8 Å². The van der Waals surface area contributed by atoms with Crippen LogP contribution in [0.25, 0.3) is 22.8 Å². The lowest BCUT2D eigenvalue weighted by Gasteiger charge is -2.46. The van der Waals surface area contributed by atoms with Crippen molar-refractivity contribution in [2.24, 2.45) is 0 Å². The van der Waals surface area contributed by atoms with Gasteiger partial charge in [-0.05, 0) is 24.6 Å². The van der Waals surface area contributed by atoms with E-state index in [1.807, 2.05) is 0 Å². The molecule has 0 radical (unpaired) electrons. The summed E-state index contributed by atoms with van der Waals surface area (Å²) in [5.41, 5.74) is -2.61. The Morgan fingerprint density at radius 1 is 0.760 bits per heavy atom. The standard InChI is InChI=1S/C28H29Cl2F3N8O8S/c1-10-2-12(29)18(34-4-10)14-6-40(38-36-14)20-22(44)16(8-42)48-26(24(20)46)50-27-25(47)21(23(45)17(9-43)49-27)41-7-15(37-39-41)19-13(30)3-11(5-35-19)28(31,32)33/h2-7,16-17,20-27,42-47H,8-9H2,1H3/t16?,17-,20+,21?,22+,23?,24?,25-,26+,27+/m1/s1. The van der Waals surface area contributed by atoms with Crippen molar-refractivity contribution < 1.29 is 53.3 Å². The summed E-state index contributed by atoms with van der Waals surface area (Å²) >= 11 is 13.1. The molecule has 270 valence electrons. The Balaban J connectivity index is 1.25. The van der Waals surface area contributed by atoms with Crippen molar-refractivity contribution >= 4 is 35.0 Å². The number of aliphatic hydroxyl groups is 6. The van der Waals surface area contributed by atoms with Gasteiger partial charge in [-0.1, -0.05) is 45.4 Å². The molecule has 2 saturated heterocycles. The number of aliphatic hydroxyl groups excluding tert-OH is 6. The molecular weight excluding hydrogens is 736 g/mol. The maximum absolute atomic E-state index is 13.1. The number of alkyl halides is 3. The summed E-state index contributed by atoms with van der Waals surface area (Å²) in [6.45, 7) is 0.409. The van der Waals surface area contributed by atoms with Gasteiger partial charge in [0.2, 0.25) is 0 Å². The highest BCUT2D eigenvalue weighted by molar-refractivity contribution is 8.00. The monoisotopic (exact) mass is 764 g/mol. The highest BCUT2D eigenvalue weighted by atomic mass is 35.5. The molecule has 0 amide bonds. The molecule has 16 nitrogen and oxygen atoms in total. The van der Waals surface area contributed by atoms with Gasteiger partial charge in [0.15, 0.2) is 0 Å². The SMILES string of the molecule is Cc1cnc(-c2cn([C@@H]3C(O)[C@H](S[C@@H]4O[C@H](CO)C(O)C(n5cc(-c6ncc(C(F)(F)F)cc6Cl)nn5)[C@H]4O)OC(CO)[C@@H]3O)nn2)c(Cl)c1. The molecule has 22 heteroatoms. The third-order valence-corrected chi connectivity index (χ3v) is 10.1. The van der Waals surface area contributed by atoms with Gasteiger partial charge in [0, 0.05) is 12.4 Å². The van der Waals surface area contributed by atoms with E-state index in [0.29, 0.717) is 23.0 Å². The van der Waals surface area contributed by atoms with Gasteiger partial charge in [0.05, 0.1) is 41.2 Å². The van der Waals surface area contributed by atoms with Crippen LogP contribution in [0.15, 0.2) is 36.9 Å². The first-order valence-electron chi connectivity index (χ1n) is 14.8. The van der Waals surface area contributed by atoms with Gasteiger partial charge >= 0.3 is 6.18 Å². The minimum absolute atomic E-state index is 0.0812. The molecule has 10 atom stereocenters. The Morgan fingerprint density at radius 2 is 1.22 bits per heavy atom. The lowest BCUT2D eigenvalue weighted by Crippen LogP contribution is -2.58. The molecule has 0 bridgehead atoms. The number of rotatable bonds is 8. The van der Waals surface area contributed by atoms with Crippen LogP contribution in [0.2, 0.25) is 10.0 Å². The lowest BCUT2D eigenvalue weighted by atomic mass is 9.97. The number of hydrogen-bond acceptors (Lipinski definition) is 15. The Kier molecular flexibility index (Phi) is 10.7. The van der Waals surface area contributed by atoms with Crippen molar-refractivity contribution in [2.45, 2.75) is 72.7 Å². The summed E-state index contributed by atoms with van der Waals surface area (Å²) < 4.78 is 53.1. The minimum Gasteiger partial charge on any atom is -0.394 e. The van der Waals surface area contributed by atoms with Gasteiger partial charge in [-0.2, -0.15) is 13.2 Å². The number of pyridine rings is 2. The van der Waals surface area contributed by atoms with E-state index in [1.165, 1.54) is 17.1 Å². The van der Waals surface area contributed by atoms with E-state index in [-0.39, 0.29) is 22.1 Å². The van der Waals surface area contributed by atoms with E-state index in [0.717, 1.165) is 22.0 Å². The molecule has 4 aromatic rings. The average Bonchev–Trinajstić information content (AvgIpc) is 3.74. The van der Waals surface area contributed by atoms with E-state index < -0.39 is 84.5 Å². The van der Waals surface area contributed by atoms with Crippen molar-refractivity contribution in [3.63, 3.8) is 0 Å². The lowest BCUT2D eigenvalue weighted by molar-refractivity contribution is -0.189. The van der Waals surface area contributed by atoms with Crippen LogP contribution in [0.5, 0.6) is 0 Å². The molecule has 50 heavy (non-hydrogen) atoms. The Bertz CT molecular complexity index is 1820. The summed E-state index contributed by atoms with van der Waals surface area (Å²) in [6.07, 6.45) is -8.76. The van der Waals surface area contributed by atoms with Gasteiger partial charge in [-0.25, -0.2) is 9.36 Å². The molecule has 0 aliphatic carbocycles. The molecule has 4 unspecified atom stereocenters. The van der Waals surface area contributed by atoms with Crippen molar-refractivity contribution in [1.29, 1.82) is 0 Å². The summed E-state index contributed by atoms with van der Waals surface area (Å²) in [6, 6.07) is -0.245. The maximum atomic E-state index is 13.1. The number of ether oxygens (including phenoxy) is 2. The first-order chi connectivity index (χ1) is 23.7. The van der Waals surface area contributed by atoms with Gasteiger partial charge < -0.3 is 40.1 Å². The number of hydrogen-bond donors (Lipinski definition) is 6. The van der Waals surface area contributed by atoms with Crippen molar-refractivity contribution in [3.05, 3.63) is 58.1 Å². The normalized spacial score (nSPS) is 30.5. The fraction of sp³-hybridized carbons (Fsp3) is 0.500. The number of nitrogens with zero attached hydrogens (tertiary/aromatic N) is 8. The second-order valence-corrected chi connectivity index (χ2v) is 13.6. The predicted octanol–water partition coefficient (Wildman–Crippen LogP) is 1.02. The Labute approximate surface area is 294 Å². The molecule has 2 fully saturated rings. The molecule has 4 aromatic heterocycles. The highest BCUT2D eigenvalue weighted by Gasteiger charge is 2.51. The van der Waals surface area contributed by atoms with E-state index >= 15 is 0 Å². The third kappa shape index (κ3) is 7.06. The van der Waals surface area contributed by atoms with Gasteiger partial charge in [0.1, 0.15) is 82.4 Å². The van der Waals surface area contributed by atoms with Crippen LogP contribution >= 0.6 is 35.0 Å². The summed E-state index contributed by atoms with van der Waals surface area (Å²) in [5.74, 6) is 0. The molecule has 2 aliphatic rings. The number of halogens is 5. The number of thioether (sulfide) groups is 1. The topological polar surface area (TPSA) is 227 Å². The van der Waals surface area contributed by atoms with Crippen LogP contribution in [0.4, 0.5) is 13.2 Å². The Hall–Kier alpha value is -3.02. The van der Waals surface area contributed by atoms with Crippen molar-refractivity contribution in [2.75, 3.05) is 13.2 Å². The average molecular weight is 766 g/mol. The van der Waals surface area contributed by atoms with Crippen LogP contribution in [0.3, 0.4) is 0 Å². The van der Waals surface area contributed by atoms with Crippen LogP contribution in [0.1, 0.15) is 23.2 Å². The second-order valence-electron chi connectivity index (χ2n) is 11.6. The summed E-state index contributed by atoms with van der Waals surface area (Å²) in [5, 5.41) is 80.9. The van der Waals surface area contributed by atoms with Crippen LogP contribution in [-0.2, 0) is 15.7 Å². The minimum atomic E-state index is -4.69. The van der Waals surface area contributed by atoms with Gasteiger partial charge in [-0.15, -0.1) is 10.2 Å². The zero-order valence-electron chi connectivity index (χ0n) is 25.5. The fourth-order valence-corrected chi connectivity index (χ4v) is 7.59.